The van der Waals surface area contributed by atoms with Gasteiger partial charge < -0.3 is 15.0 Å². The number of pyridine rings is 1. The molecule has 1 saturated heterocycles. The van der Waals surface area contributed by atoms with E-state index in [2.05, 4.69) is 21.7 Å². The van der Waals surface area contributed by atoms with Gasteiger partial charge in [0.25, 0.3) is 0 Å². The van der Waals surface area contributed by atoms with E-state index in [1.807, 2.05) is 12.1 Å². The van der Waals surface area contributed by atoms with Gasteiger partial charge in [-0.05, 0) is 41.1 Å². The van der Waals surface area contributed by atoms with Crippen molar-refractivity contribution in [3.63, 3.8) is 0 Å². The molecule has 0 unspecified atom stereocenters. The first kappa shape index (κ1) is 17.9. The third kappa shape index (κ3) is 4.43. The highest BCUT2D eigenvalue weighted by Crippen LogP contribution is 2.21. The number of rotatable bonds is 6. The number of nitrogens with zero attached hydrogens (tertiary/aromatic N) is 2. The SMILES string of the molecule is O=C1CCc2cc(/C=C/C(=O)N3CC(OCCc4cccs4)C3)cnc2N1. The Bertz CT molecular complexity index is 857. The number of carbonyl (C=O) groups is 2. The van der Waals surface area contributed by atoms with Crippen molar-refractivity contribution >= 4 is 35.0 Å². The number of hydrogen-bond donors (Lipinski definition) is 1. The van der Waals surface area contributed by atoms with Crippen molar-refractivity contribution in [3.8, 4) is 0 Å². The summed E-state index contributed by atoms with van der Waals surface area (Å²) < 4.78 is 5.81. The number of hydrogen-bond acceptors (Lipinski definition) is 5. The van der Waals surface area contributed by atoms with Crippen LogP contribution in [0.1, 0.15) is 22.4 Å². The maximum atomic E-state index is 12.2. The Morgan fingerprint density at radius 3 is 3.11 bits per heavy atom. The van der Waals surface area contributed by atoms with Gasteiger partial charge in [-0.1, -0.05) is 6.07 Å². The Hall–Kier alpha value is -2.51. The standard InChI is InChI=1S/C20H21N3O3S/c24-18-5-4-15-10-14(11-21-20(15)22-18)3-6-19(25)23-12-16(13-23)26-8-7-17-2-1-9-27-17/h1-3,6,9-11,16H,4-5,7-8,12-13H2,(H,21,22,24)/b6-3+. The number of fused-ring (bicyclic) bond motifs is 1. The van der Waals surface area contributed by atoms with Gasteiger partial charge in [-0.2, -0.15) is 0 Å². The lowest BCUT2D eigenvalue weighted by Gasteiger charge is -2.38. The van der Waals surface area contributed by atoms with E-state index < -0.39 is 0 Å². The van der Waals surface area contributed by atoms with Crippen LogP contribution in [0.25, 0.3) is 6.08 Å². The maximum absolute atomic E-state index is 12.2. The number of carbonyl (C=O) groups excluding carboxylic acids is 2. The van der Waals surface area contributed by atoms with E-state index in [1.54, 1.807) is 34.6 Å². The summed E-state index contributed by atoms with van der Waals surface area (Å²) in [5, 5.41) is 4.83. The van der Waals surface area contributed by atoms with Crippen LogP contribution in [0.4, 0.5) is 5.82 Å². The van der Waals surface area contributed by atoms with Crippen molar-refractivity contribution in [2.75, 3.05) is 25.0 Å². The Labute approximate surface area is 161 Å². The minimum Gasteiger partial charge on any atom is -0.374 e. The number of ether oxygens (including phenoxy) is 1. The second-order valence-corrected chi connectivity index (χ2v) is 7.76. The molecule has 1 fully saturated rings. The molecule has 4 heterocycles. The van der Waals surface area contributed by atoms with Gasteiger partial charge in [0.15, 0.2) is 0 Å². The van der Waals surface area contributed by atoms with Crippen LogP contribution in [-0.4, -0.2) is 47.5 Å². The number of aromatic nitrogens is 1. The first-order chi connectivity index (χ1) is 13.2. The summed E-state index contributed by atoms with van der Waals surface area (Å²) in [5.41, 5.74) is 1.87. The number of anilines is 1. The van der Waals surface area contributed by atoms with E-state index in [9.17, 15) is 9.59 Å². The van der Waals surface area contributed by atoms with E-state index >= 15 is 0 Å². The molecular weight excluding hydrogens is 362 g/mol. The largest absolute Gasteiger partial charge is 0.374 e. The molecule has 0 aliphatic carbocycles. The Morgan fingerprint density at radius 2 is 2.30 bits per heavy atom. The lowest BCUT2D eigenvalue weighted by Crippen LogP contribution is -2.54. The average Bonchev–Trinajstić information content (AvgIpc) is 3.15. The van der Waals surface area contributed by atoms with Gasteiger partial charge in [0.2, 0.25) is 11.8 Å². The van der Waals surface area contributed by atoms with Crippen molar-refractivity contribution in [2.24, 2.45) is 0 Å². The molecule has 0 radical (unpaired) electrons. The zero-order chi connectivity index (χ0) is 18.6. The number of amides is 2. The molecule has 1 N–H and O–H groups in total. The summed E-state index contributed by atoms with van der Waals surface area (Å²) in [6, 6.07) is 6.13. The molecule has 0 saturated carbocycles. The minimum absolute atomic E-state index is 0.00147. The molecule has 2 aromatic rings. The lowest BCUT2D eigenvalue weighted by atomic mass is 10.0. The van der Waals surface area contributed by atoms with Crippen LogP contribution in [-0.2, 0) is 27.2 Å². The fourth-order valence-electron chi connectivity index (χ4n) is 3.14. The minimum atomic E-state index is -0.0147. The first-order valence-corrected chi connectivity index (χ1v) is 9.95. The Morgan fingerprint density at radius 1 is 1.41 bits per heavy atom. The molecule has 2 amide bonds. The van der Waals surface area contributed by atoms with Crippen LogP contribution in [0.3, 0.4) is 0 Å². The Balaban J connectivity index is 1.22. The van der Waals surface area contributed by atoms with Crippen LogP contribution in [0.5, 0.6) is 0 Å². The number of likely N-dealkylation sites (tertiary alicyclic amines) is 1. The van der Waals surface area contributed by atoms with Gasteiger partial charge in [0.05, 0.1) is 12.7 Å². The molecule has 6 nitrogen and oxygen atoms in total. The summed E-state index contributed by atoms with van der Waals surface area (Å²) in [6.45, 7) is 1.98. The van der Waals surface area contributed by atoms with Crippen LogP contribution in [0, 0.1) is 0 Å². The maximum Gasteiger partial charge on any atom is 0.246 e. The molecule has 4 rings (SSSR count). The number of nitrogens with one attached hydrogen (secondary N) is 1. The predicted octanol–water partition coefficient (Wildman–Crippen LogP) is 2.51. The summed E-state index contributed by atoms with van der Waals surface area (Å²) >= 11 is 1.74. The second-order valence-electron chi connectivity index (χ2n) is 6.72. The van der Waals surface area contributed by atoms with Crippen molar-refractivity contribution in [1.82, 2.24) is 9.88 Å². The molecule has 2 aromatic heterocycles. The molecule has 7 heteroatoms. The fourth-order valence-corrected chi connectivity index (χ4v) is 3.83. The average molecular weight is 383 g/mol. The van der Waals surface area contributed by atoms with Crippen LogP contribution < -0.4 is 5.32 Å². The molecule has 2 aliphatic rings. The first-order valence-electron chi connectivity index (χ1n) is 9.07. The van der Waals surface area contributed by atoms with Crippen molar-refractivity contribution in [3.05, 3.63) is 51.9 Å². The lowest BCUT2D eigenvalue weighted by molar-refractivity contribution is -0.139. The molecule has 0 aromatic carbocycles. The smallest absolute Gasteiger partial charge is 0.246 e. The summed E-state index contributed by atoms with van der Waals surface area (Å²) in [4.78, 5) is 31.0. The third-order valence-electron chi connectivity index (χ3n) is 4.73. The van der Waals surface area contributed by atoms with Gasteiger partial charge in [-0.25, -0.2) is 4.98 Å². The fraction of sp³-hybridized carbons (Fsp3) is 0.350. The van der Waals surface area contributed by atoms with E-state index in [4.69, 9.17) is 4.74 Å². The molecule has 27 heavy (non-hydrogen) atoms. The second kappa shape index (κ2) is 8.02. The third-order valence-corrected chi connectivity index (χ3v) is 5.66. The molecule has 2 aliphatic heterocycles. The summed E-state index contributed by atoms with van der Waals surface area (Å²) in [7, 11) is 0. The van der Waals surface area contributed by atoms with E-state index in [0.717, 1.165) is 17.5 Å². The normalized spacial score (nSPS) is 16.9. The predicted molar refractivity (Wildman–Crippen MR) is 105 cm³/mol. The summed E-state index contributed by atoms with van der Waals surface area (Å²) in [6.07, 6.45) is 7.23. The van der Waals surface area contributed by atoms with Crippen molar-refractivity contribution in [1.29, 1.82) is 0 Å². The van der Waals surface area contributed by atoms with E-state index in [-0.39, 0.29) is 17.9 Å². The van der Waals surface area contributed by atoms with Crippen LogP contribution >= 0.6 is 11.3 Å². The topological polar surface area (TPSA) is 71.5 Å². The molecule has 0 spiro atoms. The summed E-state index contributed by atoms with van der Waals surface area (Å²) in [5.74, 6) is 0.609. The van der Waals surface area contributed by atoms with Crippen LogP contribution in [0.15, 0.2) is 35.9 Å². The highest BCUT2D eigenvalue weighted by atomic mass is 32.1. The quantitative estimate of drug-likeness (QED) is 0.778. The monoisotopic (exact) mass is 383 g/mol. The highest BCUT2D eigenvalue weighted by molar-refractivity contribution is 7.09. The van der Waals surface area contributed by atoms with Gasteiger partial charge in [0.1, 0.15) is 5.82 Å². The molecule has 0 atom stereocenters. The van der Waals surface area contributed by atoms with Gasteiger partial charge in [-0.15, -0.1) is 11.3 Å². The molecule has 140 valence electrons. The van der Waals surface area contributed by atoms with Gasteiger partial charge >= 0.3 is 0 Å². The van der Waals surface area contributed by atoms with Crippen molar-refractivity contribution in [2.45, 2.75) is 25.4 Å². The number of aryl methyl sites for hydroxylation is 1. The molecule has 0 bridgehead atoms. The Kier molecular flexibility index (Phi) is 5.31. The molecular formula is C20H21N3O3S. The van der Waals surface area contributed by atoms with Gasteiger partial charge in [-0.3, -0.25) is 9.59 Å². The van der Waals surface area contributed by atoms with E-state index in [1.165, 1.54) is 4.88 Å². The van der Waals surface area contributed by atoms with Crippen LogP contribution in [0.2, 0.25) is 0 Å². The highest BCUT2D eigenvalue weighted by Gasteiger charge is 2.29. The van der Waals surface area contributed by atoms with E-state index in [0.29, 0.717) is 38.4 Å². The van der Waals surface area contributed by atoms with Gasteiger partial charge in [0, 0.05) is 43.1 Å². The number of thiophene rings is 1. The zero-order valence-corrected chi connectivity index (χ0v) is 15.7. The van der Waals surface area contributed by atoms with Crippen molar-refractivity contribution < 1.29 is 14.3 Å². The zero-order valence-electron chi connectivity index (χ0n) is 14.9.